The van der Waals surface area contributed by atoms with E-state index in [1.54, 1.807) is 12.1 Å². The molecule has 2 N–H and O–H groups in total. The topological polar surface area (TPSA) is 84.5 Å². The largest absolute Gasteiger partial charge is 0.482 e. The summed E-state index contributed by atoms with van der Waals surface area (Å²) in [5.41, 5.74) is 1.49. The molecular formula is C20H25ClN2O4S. The van der Waals surface area contributed by atoms with Crippen LogP contribution in [-0.4, -0.2) is 27.5 Å². The standard InChI is InChI=1S/C20H25ClN2O4S/c1-14(2)10-11-22-20(24)13-27-19-9-8-17(12-18(19)21)28(25,26)23-16-6-4-15(3)5-7-16/h4-9,12,14,23H,10-11,13H2,1-3H3,(H,22,24). The molecule has 152 valence electrons. The molecule has 0 heterocycles. The zero-order chi connectivity index (χ0) is 20.7. The highest BCUT2D eigenvalue weighted by Crippen LogP contribution is 2.28. The molecule has 8 heteroatoms. The lowest BCUT2D eigenvalue weighted by Crippen LogP contribution is -2.30. The first-order chi connectivity index (χ1) is 13.2. The molecule has 28 heavy (non-hydrogen) atoms. The second-order valence-electron chi connectivity index (χ2n) is 6.88. The summed E-state index contributed by atoms with van der Waals surface area (Å²) < 4.78 is 32.9. The number of rotatable bonds is 9. The maximum atomic E-state index is 12.5. The highest BCUT2D eigenvalue weighted by molar-refractivity contribution is 7.92. The summed E-state index contributed by atoms with van der Waals surface area (Å²) in [6.07, 6.45) is 0.882. The van der Waals surface area contributed by atoms with Gasteiger partial charge in [0.2, 0.25) is 0 Å². The molecule has 0 bridgehead atoms. The van der Waals surface area contributed by atoms with E-state index >= 15 is 0 Å². The monoisotopic (exact) mass is 424 g/mol. The van der Waals surface area contributed by atoms with E-state index in [9.17, 15) is 13.2 Å². The highest BCUT2D eigenvalue weighted by atomic mass is 35.5. The molecule has 0 aliphatic carbocycles. The lowest BCUT2D eigenvalue weighted by molar-refractivity contribution is -0.123. The van der Waals surface area contributed by atoms with E-state index in [4.69, 9.17) is 16.3 Å². The maximum absolute atomic E-state index is 12.5. The number of nitrogens with one attached hydrogen (secondary N) is 2. The van der Waals surface area contributed by atoms with Crippen molar-refractivity contribution in [2.45, 2.75) is 32.1 Å². The van der Waals surface area contributed by atoms with Gasteiger partial charge in [0.1, 0.15) is 5.75 Å². The van der Waals surface area contributed by atoms with Crippen LogP contribution in [0.2, 0.25) is 5.02 Å². The van der Waals surface area contributed by atoms with Crippen molar-refractivity contribution in [2.24, 2.45) is 5.92 Å². The predicted molar refractivity (Wildman–Crippen MR) is 111 cm³/mol. The van der Waals surface area contributed by atoms with Crippen LogP contribution in [-0.2, 0) is 14.8 Å². The fourth-order valence-electron chi connectivity index (χ4n) is 2.30. The summed E-state index contributed by atoms with van der Waals surface area (Å²) in [6.45, 7) is 6.46. The molecule has 0 atom stereocenters. The van der Waals surface area contributed by atoms with Crippen molar-refractivity contribution < 1.29 is 17.9 Å². The van der Waals surface area contributed by atoms with Gasteiger partial charge < -0.3 is 10.1 Å². The number of benzene rings is 2. The van der Waals surface area contributed by atoms with Gasteiger partial charge >= 0.3 is 0 Å². The minimum Gasteiger partial charge on any atom is -0.482 e. The molecule has 1 amide bonds. The van der Waals surface area contributed by atoms with E-state index in [0.717, 1.165) is 12.0 Å². The Bertz CT molecular complexity index is 912. The average Bonchev–Trinajstić information content (AvgIpc) is 2.62. The number of carbonyl (C=O) groups is 1. The van der Waals surface area contributed by atoms with Gasteiger partial charge in [-0.1, -0.05) is 43.1 Å². The summed E-state index contributed by atoms with van der Waals surface area (Å²) in [4.78, 5) is 11.8. The van der Waals surface area contributed by atoms with Crippen LogP contribution in [0.15, 0.2) is 47.4 Å². The number of carbonyl (C=O) groups excluding carboxylic acids is 1. The molecule has 0 radical (unpaired) electrons. The van der Waals surface area contributed by atoms with Gasteiger partial charge in [-0.05, 0) is 49.6 Å². The lowest BCUT2D eigenvalue weighted by Gasteiger charge is -2.12. The third kappa shape index (κ3) is 6.73. The van der Waals surface area contributed by atoms with Crippen molar-refractivity contribution in [1.82, 2.24) is 5.32 Å². The lowest BCUT2D eigenvalue weighted by atomic mass is 10.1. The minimum absolute atomic E-state index is 0.00631. The highest BCUT2D eigenvalue weighted by Gasteiger charge is 2.17. The molecule has 0 fully saturated rings. The Morgan fingerprint density at radius 2 is 1.82 bits per heavy atom. The van der Waals surface area contributed by atoms with E-state index in [0.29, 0.717) is 18.2 Å². The Morgan fingerprint density at radius 3 is 2.43 bits per heavy atom. The summed E-state index contributed by atoms with van der Waals surface area (Å²) in [7, 11) is -3.79. The van der Waals surface area contributed by atoms with E-state index in [-0.39, 0.29) is 28.2 Å². The number of sulfonamides is 1. The Kier molecular flexibility index (Phi) is 7.71. The zero-order valence-electron chi connectivity index (χ0n) is 16.2. The molecule has 0 unspecified atom stereocenters. The first-order valence-electron chi connectivity index (χ1n) is 8.96. The molecule has 0 aromatic heterocycles. The van der Waals surface area contributed by atoms with Crippen LogP contribution in [0.5, 0.6) is 5.75 Å². The Morgan fingerprint density at radius 1 is 1.14 bits per heavy atom. The fraction of sp³-hybridized carbons (Fsp3) is 0.350. The van der Waals surface area contributed by atoms with Gasteiger partial charge in [0.25, 0.3) is 15.9 Å². The summed E-state index contributed by atoms with van der Waals surface area (Å²) >= 11 is 6.14. The van der Waals surface area contributed by atoms with Crippen LogP contribution in [0.1, 0.15) is 25.8 Å². The van der Waals surface area contributed by atoms with Crippen molar-refractivity contribution in [3.05, 3.63) is 53.1 Å². The molecule has 0 spiro atoms. The van der Waals surface area contributed by atoms with Gasteiger partial charge in [-0.3, -0.25) is 9.52 Å². The molecule has 2 aromatic carbocycles. The molecule has 0 aliphatic heterocycles. The maximum Gasteiger partial charge on any atom is 0.261 e. The van der Waals surface area contributed by atoms with Crippen LogP contribution >= 0.6 is 11.6 Å². The summed E-state index contributed by atoms with van der Waals surface area (Å²) in [5.74, 6) is 0.489. The van der Waals surface area contributed by atoms with Crippen molar-refractivity contribution in [3.63, 3.8) is 0 Å². The molecule has 2 rings (SSSR count). The average molecular weight is 425 g/mol. The SMILES string of the molecule is Cc1ccc(NS(=O)(=O)c2ccc(OCC(=O)NCCC(C)C)c(Cl)c2)cc1. The van der Waals surface area contributed by atoms with Crippen molar-refractivity contribution in [1.29, 1.82) is 0 Å². The van der Waals surface area contributed by atoms with Crippen molar-refractivity contribution in [2.75, 3.05) is 17.9 Å². The van der Waals surface area contributed by atoms with Gasteiger partial charge in [0, 0.05) is 12.2 Å². The number of anilines is 1. The zero-order valence-corrected chi connectivity index (χ0v) is 17.7. The first-order valence-corrected chi connectivity index (χ1v) is 10.8. The smallest absolute Gasteiger partial charge is 0.261 e. The minimum atomic E-state index is -3.79. The van der Waals surface area contributed by atoms with Crippen molar-refractivity contribution in [3.8, 4) is 5.75 Å². The van der Waals surface area contributed by atoms with Gasteiger partial charge in [-0.25, -0.2) is 8.42 Å². The number of hydrogen-bond donors (Lipinski definition) is 2. The van der Waals surface area contributed by atoms with Gasteiger partial charge in [0.05, 0.1) is 9.92 Å². The molecule has 0 saturated carbocycles. The number of aryl methyl sites for hydroxylation is 1. The Balaban J connectivity index is 1.99. The van der Waals surface area contributed by atoms with Gasteiger partial charge in [-0.2, -0.15) is 0 Å². The Labute approximate surface area is 171 Å². The van der Waals surface area contributed by atoms with E-state index in [1.165, 1.54) is 18.2 Å². The third-order valence-corrected chi connectivity index (χ3v) is 5.59. The second kappa shape index (κ2) is 9.80. The van der Waals surface area contributed by atoms with Crippen LogP contribution in [0.25, 0.3) is 0 Å². The normalized spacial score (nSPS) is 11.3. The van der Waals surface area contributed by atoms with Gasteiger partial charge in [0.15, 0.2) is 6.61 Å². The quantitative estimate of drug-likeness (QED) is 0.637. The van der Waals surface area contributed by atoms with Gasteiger partial charge in [-0.15, -0.1) is 0 Å². The number of hydrogen-bond acceptors (Lipinski definition) is 4. The van der Waals surface area contributed by atoms with Crippen LogP contribution in [0.4, 0.5) is 5.69 Å². The number of amides is 1. The van der Waals surface area contributed by atoms with Crippen LogP contribution in [0, 0.1) is 12.8 Å². The molecule has 0 aliphatic rings. The number of ether oxygens (including phenoxy) is 1. The molecule has 6 nitrogen and oxygen atoms in total. The second-order valence-corrected chi connectivity index (χ2v) is 8.97. The predicted octanol–water partition coefficient (Wildman–Crippen LogP) is 3.99. The molecular weight excluding hydrogens is 400 g/mol. The molecule has 0 saturated heterocycles. The number of halogens is 1. The summed E-state index contributed by atoms with van der Waals surface area (Å²) in [5, 5.41) is 2.87. The fourth-order valence-corrected chi connectivity index (χ4v) is 3.68. The first kappa shape index (κ1) is 22.0. The Hall–Kier alpha value is -2.25. The van der Waals surface area contributed by atoms with Crippen LogP contribution in [0.3, 0.4) is 0 Å². The van der Waals surface area contributed by atoms with E-state index < -0.39 is 10.0 Å². The molecule has 2 aromatic rings. The van der Waals surface area contributed by atoms with Crippen molar-refractivity contribution >= 4 is 33.2 Å². The summed E-state index contributed by atoms with van der Waals surface area (Å²) in [6, 6.07) is 11.1. The third-order valence-electron chi connectivity index (χ3n) is 3.92. The van der Waals surface area contributed by atoms with E-state index in [2.05, 4.69) is 23.9 Å². The van der Waals surface area contributed by atoms with E-state index in [1.807, 2.05) is 19.1 Å². The van der Waals surface area contributed by atoms with Crippen LogP contribution < -0.4 is 14.8 Å².